The number of methoxy groups -OCH3 is 1. The lowest BCUT2D eigenvalue weighted by Crippen LogP contribution is -2.61. The van der Waals surface area contributed by atoms with E-state index in [1.54, 1.807) is 44.2 Å². The second kappa shape index (κ2) is 47.4. The zero-order valence-electron chi connectivity index (χ0n) is 60.0. The molecular weight excluding hydrogens is 1980 g/mol. The van der Waals surface area contributed by atoms with Gasteiger partial charge < -0.3 is 43.4 Å². The van der Waals surface area contributed by atoms with Crippen molar-refractivity contribution in [2.24, 2.45) is 10.8 Å². The van der Waals surface area contributed by atoms with E-state index < -0.39 is 209 Å². The van der Waals surface area contributed by atoms with Crippen LogP contribution in [0, 0.1) is 10.8 Å². The van der Waals surface area contributed by atoms with Gasteiger partial charge in [-0.15, -0.1) is 11.6 Å². The van der Waals surface area contributed by atoms with Gasteiger partial charge in [-0.1, -0.05) is 85.5 Å². The Morgan fingerprint density at radius 2 is 0.735 bits per heavy atom. The standard InChI is InChI=1S/C31H37ClF10O10.C12H10BrF11O5.C6H11BrO3.C6HClF10O2.C2H3ClO.CH3Br.CH4/c1-25(2,22(45)51-14-13-49-21(44)20(28(33,34)35)52-31(41,42)29(36,37)30(38,39)40)17-26(3,23(46)50-12-11-43)15-19(18-9-7-6-8-10-18)16-27(4,32)24(47)48-5;1-7(2,13)5(25)27-3-4-28-6(26)8(14,10(17,18)19)29-12(23,24)9(15,16)11(20,21)22;1-6(2,7)5(9)10-4-3-8;7-2(18)1(3(8,9)10)19-6(16,17)4(11,12)5(13,14)15;1-2(3)4;1-2;/h6-10,19-20,43H,11-17H2,1-5H3;3-4H2,1-2H3;8H,3-4H2,1-2H3;1H;1H3;1H3;1H4. The van der Waals surface area contributed by atoms with Crippen molar-refractivity contribution in [3.63, 3.8) is 0 Å². The van der Waals surface area contributed by atoms with Crippen molar-refractivity contribution in [3.05, 3.63) is 35.9 Å². The first-order chi connectivity index (χ1) is 51.2. The Bertz CT molecular complexity index is 3280. The number of aliphatic hydroxyl groups excluding tert-OH is 2. The highest BCUT2D eigenvalue weighted by Gasteiger charge is 2.81. The Hall–Kier alpha value is -5.21. The fraction of sp³-hybridized carbons (Fsp3) is 0.746. The minimum absolute atomic E-state index is 0. The van der Waals surface area contributed by atoms with Gasteiger partial charge in [-0.3, -0.25) is 47.8 Å². The summed E-state index contributed by atoms with van der Waals surface area (Å²) < 4.78 is 424. The molecule has 0 aliphatic carbocycles. The summed E-state index contributed by atoms with van der Waals surface area (Å²) in [6.45, 7) is 6.50. The number of alkyl halides is 35. The van der Waals surface area contributed by atoms with E-state index in [1.807, 2.05) is 10.6 Å². The maximum atomic E-state index is 13.8. The monoisotopic (exact) mass is 2040 g/mol. The number of hydrogen-bond acceptors (Lipinski definition) is 21. The fourth-order valence-corrected chi connectivity index (χ4v) is 7.86. The maximum absolute atomic E-state index is 13.8. The van der Waals surface area contributed by atoms with Crippen LogP contribution < -0.4 is 0 Å². The molecule has 0 amide bonds. The summed E-state index contributed by atoms with van der Waals surface area (Å²) in [5, 5.41) is 14.4. The Kier molecular flexibility index (Phi) is 49.7. The highest BCUT2D eigenvalue weighted by Crippen LogP contribution is 2.54. The number of carbonyl (C=O) groups is 9. The average molecular weight is 2050 g/mol. The molecule has 58 heteroatoms. The maximum Gasteiger partial charge on any atom is 0.462 e. The molecule has 0 radical (unpaired) electrons. The van der Waals surface area contributed by atoms with Crippen LogP contribution in [0.3, 0.4) is 0 Å². The third kappa shape index (κ3) is 39.7. The lowest BCUT2D eigenvalue weighted by atomic mass is 9.67. The number of esters is 7. The molecule has 0 saturated carbocycles. The largest absolute Gasteiger partial charge is 0.468 e. The normalized spacial score (nSPS) is 15.2. The highest BCUT2D eigenvalue weighted by atomic mass is 79.9. The van der Waals surface area contributed by atoms with Gasteiger partial charge in [0.2, 0.25) is 11.3 Å². The van der Waals surface area contributed by atoms with Crippen LogP contribution in [0.25, 0.3) is 0 Å². The van der Waals surface area contributed by atoms with Crippen molar-refractivity contribution in [1.29, 1.82) is 0 Å². The molecule has 0 aliphatic rings. The van der Waals surface area contributed by atoms with Crippen LogP contribution in [0.15, 0.2) is 30.3 Å². The van der Waals surface area contributed by atoms with E-state index in [0.29, 0.717) is 5.56 Å². The van der Waals surface area contributed by atoms with Gasteiger partial charge in [-0.25, -0.2) is 9.59 Å². The van der Waals surface area contributed by atoms with Gasteiger partial charge in [-0.05, 0) is 115 Å². The Morgan fingerprint density at radius 1 is 0.427 bits per heavy atom. The average Bonchev–Trinajstić information content (AvgIpc) is 0.756. The smallest absolute Gasteiger partial charge is 0.462 e. The van der Waals surface area contributed by atoms with Gasteiger partial charge in [-0.2, -0.15) is 136 Å². The Balaban J connectivity index is -0.000000394. The number of halogens is 37. The molecule has 0 aromatic heterocycles. The molecule has 21 nitrogen and oxygen atoms in total. The van der Waals surface area contributed by atoms with E-state index in [0.717, 1.165) is 7.11 Å². The molecule has 2 N–H and O–H groups in total. The van der Waals surface area contributed by atoms with Crippen molar-refractivity contribution in [3.8, 4) is 0 Å². The molecule has 1 aromatic carbocycles. The van der Waals surface area contributed by atoms with Crippen LogP contribution >= 0.6 is 82.6 Å². The summed E-state index contributed by atoms with van der Waals surface area (Å²) in [7, 11) is 1.12. The van der Waals surface area contributed by atoms with Crippen molar-refractivity contribution in [2.45, 2.75) is 200 Å². The Morgan fingerprint density at radius 3 is 1.04 bits per heavy atom. The van der Waals surface area contributed by atoms with E-state index in [1.165, 1.54) is 48.5 Å². The topological polar surface area (TPSA) is 286 Å². The molecule has 690 valence electrons. The second-order valence-corrected chi connectivity index (χ2v) is 29.6. The molecular formula is C59H69Br3Cl3F31O21. The number of carbonyl (C=O) groups excluding carboxylic acids is 9. The molecule has 0 saturated heterocycles. The van der Waals surface area contributed by atoms with E-state index in [-0.39, 0.29) is 44.7 Å². The number of hydrogen-bond donors (Lipinski definition) is 2. The van der Waals surface area contributed by atoms with Crippen molar-refractivity contribution < 1.29 is 237 Å². The van der Waals surface area contributed by atoms with Crippen molar-refractivity contribution in [1.82, 2.24) is 0 Å². The Labute approximate surface area is 681 Å². The lowest BCUT2D eigenvalue weighted by molar-refractivity contribution is -0.475. The van der Waals surface area contributed by atoms with Gasteiger partial charge in [0.15, 0.2) is 0 Å². The number of rotatable bonds is 34. The predicted molar refractivity (Wildman–Crippen MR) is 347 cm³/mol. The molecule has 0 aliphatic heterocycles. The lowest BCUT2D eigenvalue weighted by Gasteiger charge is -2.38. The number of benzene rings is 1. The van der Waals surface area contributed by atoms with E-state index >= 15 is 0 Å². The minimum atomic E-state index is -7.31. The van der Waals surface area contributed by atoms with E-state index in [4.69, 9.17) is 30.9 Å². The molecule has 1 aromatic rings. The van der Waals surface area contributed by atoms with Gasteiger partial charge in [0.05, 0.1) is 31.2 Å². The molecule has 1 rings (SSSR count). The van der Waals surface area contributed by atoms with Crippen LogP contribution in [-0.2, 0) is 90.5 Å². The van der Waals surface area contributed by atoms with Crippen LogP contribution in [-0.4, -0.2) is 233 Å². The first-order valence-corrected chi connectivity index (χ1v) is 34.1. The molecule has 6 unspecified atom stereocenters. The second-order valence-electron chi connectivity index (χ2n) is 23.9. The minimum Gasteiger partial charge on any atom is -0.468 e. The van der Waals surface area contributed by atoms with Crippen LogP contribution in [0.1, 0.15) is 100 Å². The highest BCUT2D eigenvalue weighted by molar-refractivity contribution is 9.10. The summed E-state index contributed by atoms with van der Waals surface area (Å²) in [6, 6.07) is 8.42. The van der Waals surface area contributed by atoms with Crippen LogP contribution in [0.4, 0.5) is 136 Å². The van der Waals surface area contributed by atoms with Crippen molar-refractivity contribution in [2.75, 3.05) is 65.8 Å². The number of ether oxygens (including phenoxy) is 10. The third-order valence-electron chi connectivity index (χ3n) is 12.4. The third-order valence-corrected chi connectivity index (χ3v) is 13.6. The van der Waals surface area contributed by atoms with Gasteiger partial charge in [0, 0.05) is 6.92 Å². The van der Waals surface area contributed by atoms with Crippen molar-refractivity contribution >= 4 is 135 Å². The molecule has 0 fully saturated rings. The molecule has 0 spiro atoms. The first kappa shape index (κ1) is 123. The molecule has 0 bridgehead atoms. The van der Waals surface area contributed by atoms with E-state index in [9.17, 15) is 184 Å². The zero-order valence-corrected chi connectivity index (χ0v) is 67.1. The summed E-state index contributed by atoms with van der Waals surface area (Å²) in [5.74, 6) is -37.2. The summed E-state index contributed by atoms with van der Waals surface area (Å²) in [4.78, 5) is 102. The number of aliphatic hydroxyl groups is 2. The summed E-state index contributed by atoms with van der Waals surface area (Å²) in [6.07, 6.45) is -70.5. The molecule has 6 atom stereocenters. The zero-order chi connectivity index (χ0) is 93.9. The SMILES string of the molecule is C.CBr.CC(=O)Cl.CC(C)(Br)C(=O)OCCO.CC(C)(Br)C(=O)OCCOC(=O)C(F)(OC(F)(F)C(F)(F)C(F)(F)F)C(F)(F)F.COC(=O)C(C)(Cl)CC(CC(C)(CC(C)(C)C(=O)OCCOC(=O)C(OC(F)(F)C(F)(F)C(F)(F)F)C(F)(F)F)C(=O)OCCO)c1ccccc1.O=C(Cl)C(OC(F)(F)C(F)(F)C(F)(F)F)C(F)(F)F. The molecule has 0 heterocycles. The van der Waals surface area contributed by atoms with Gasteiger partial charge >= 0.3 is 121 Å². The quantitative estimate of drug-likeness (QED) is 0.0162. The fourth-order valence-electron chi connectivity index (χ4n) is 7.20. The summed E-state index contributed by atoms with van der Waals surface area (Å²) >= 11 is 24.1. The van der Waals surface area contributed by atoms with E-state index in [2.05, 4.69) is 99.4 Å². The van der Waals surface area contributed by atoms with Gasteiger partial charge in [0.1, 0.15) is 53.2 Å². The predicted octanol–water partition coefficient (Wildman–Crippen LogP) is 17.4. The summed E-state index contributed by atoms with van der Waals surface area (Å²) in [5.41, 5.74) is -2.68. The van der Waals surface area contributed by atoms with Crippen LogP contribution in [0.2, 0.25) is 0 Å². The first-order valence-electron chi connectivity index (χ1n) is 29.8. The molecule has 117 heavy (non-hydrogen) atoms. The van der Waals surface area contributed by atoms with Crippen LogP contribution in [0.5, 0.6) is 0 Å². The van der Waals surface area contributed by atoms with Gasteiger partial charge in [0.25, 0.3) is 11.3 Å².